The molecule has 0 saturated heterocycles. The van der Waals surface area contributed by atoms with Gasteiger partial charge >= 0.3 is 0 Å². The Kier molecular flexibility index (Phi) is 3.02. The van der Waals surface area contributed by atoms with Crippen molar-refractivity contribution in [3.8, 4) is 11.1 Å². The van der Waals surface area contributed by atoms with Crippen LogP contribution in [0.4, 0.5) is 0 Å². The van der Waals surface area contributed by atoms with Crippen LogP contribution in [0, 0.1) is 20.8 Å². The summed E-state index contributed by atoms with van der Waals surface area (Å²) >= 11 is 0. The summed E-state index contributed by atoms with van der Waals surface area (Å²) in [5, 5.41) is 0. The van der Waals surface area contributed by atoms with Crippen molar-refractivity contribution >= 4 is 6.08 Å². The molecule has 0 heteroatoms. The number of fused-ring (bicyclic) bond motifs is 1. The Hall–Kier alpha value is -1.82. The minimum atomic E-state index is 1.17. The van der Waals surface area contributed by atoms with Crippen LogP contribution < -0.4 is 0 Å². The van der Waals surface area contributed by atoms with E-state index in [4.69, 9.17) is 0 Å². The first kappa shape index (κ1) is 12.2. The van der Waals surface area contributed by atoms with Crippen molar-refractivity contribution in [1.82, 2.24) is 0 Å². The van der Waals surface area contributed by atoms with E-state index in [1.807, 2.05) is 0 Å². The smallest absolute Gasteiger partial charge is 0.0149 e. The van der Waals surface area contributed by atoms with Crippen molar-refractivity contribution in [1.29, 1.82) is 0 Å². The van der Waals surface area contributed by atoms with Gasteiger partial charge in [-0.1, -0.05) is 48.0 Å². The molecule has 3 rings (SSSR count). The molecule has 0 radical (unpaired) electrons. The largest absolute Gasteiger partial charge is 0.0836 e. The predicted octanol–water partition coefficient (Wildman–Crippen LogP) is 5.24. The lowest BCUT2D eigenvalue weighted by Crippen LogP contribution is -2.02. The van der Waals surface area contributed by atoms with Gasteiger partial charge in [0.1, 0.15) is 0 Å². The van der Waals surface area contributed by atoms with Crippen LogP contribution in [0.15, 0.2) is 36.4 Å². The molecule has 0 fully saturated rings. The van der Waals surface area contributed by atoms with Crippen molar-refractivity contribution in [2.45, 2.75) is 33.6 Å². The quantitative estimate of drug-likeness (QED) is 0.647. The molecule has 1 aliphatic carbocycles. The summed E-state index contributed by atoms with van der Waals surface area (Å²) in [5.74, 6) is 0. The van der Waals surface area contributed by atoms with Crippen LogP contribution in [0.25, 0.3) is 17.2 Å². The maximum Gasteiger partial charge on any atom is -0.0149 e. The molecule has 0 unspecified atom stereocenters. The molecule has 0 spiro atoms. The fourth-order valence-corrected chi connectivity index (χ4v) is 3.02. The molecule has 2 aromatic rings. The van der Waals surface area contributed by atoms with E-state index in [1.54, 1.807) is 0 Å². The molecule has 2 aromatic carbocycles. The van der Waals surface area contributed by atoms with Gasteiger partial charge in [0, 0.05) is 0 Å². The molecule has 0 saturated carbocycles. The monoisotopic (exact) mass is 248 g/mol. The number of hydrogen-bond acceptors (Lipinski definition) is 0. The molecule has 0 N–H and O–H groups in total. The third-order valence-electron chi connectivity index (χ3n) is 4.18. The van der Waals surface area contributed by atoms with E-state index in [0.717, 1.165) is 0 Å². The zero-order valence-corrected chi connectivity index (χ0v) is 12.0. The molecule has 96 valence electrons. The Morgan fingerprint density at radius 2 is 1.68 bits per heavy atom. The molecule has 0 aliphatic heterocycles. The summed E-state index contributed by atoms with van der Waals surface area (Å²) in [6, 6.07) is 11.2. The summed E-state index contributed by atoms with van der Waals surface area (Å²) in [6.45, 7) is 6.64. The van der Waals surface area contributed by atoms with Gasteiger partial charge in [0.15, 0.2) is 0 Å². The fraction of sp³-hybridized carbons (Fsp3) is 0.263. The third kappa shape index (κ3) is 2.12. The summed E-state index contributed by atoms with van der Waals surface area (Å²) in [7, 11) is 0. The highest BCUT2D eigenvalue weighted by Gasteiger charge is 2.14. The highest BCUT2D eigenvalue weighted by molar-refractivity contribution is 5.75. The van der Waals surface area contributed by atoms with Crippen molar-refractivity contribution in [2.24, 2.45) is 0 Å². The lowest BCUT2D eigenvalue weighted by Gasteiger charge is -2.20. The molecule has 0 amide bonds. The van der Waals surface area contributed by atoms with Gasteiger partial charge in [0.05, 0.1) is 0 Å². The summed E-state index contributed by atoms with van der Waals surface area (Å²) in [5.41, 5.74) is 9.88. The van der Waals surface area contributed by atoms with E-state index < -0.39 is 0 Å². The van der Waals surface area contributed by atoms with Gasteiger partial charge in [-0.05, 0) is 67.0 Å². The average molecular weight is 248 g/mol. The van der Waals surface area contributed by atoms with E-state index in [9.17, 15) is 0 Å². The molecular weight excluding hydrogens is 228 g/mol. The van der Waals surface area contributed by atoms with Gasteiger partial charge in [0.2, 0.25) is 0 Å². The molecule has 19 heavy (non-hydrogen) atoms. The average Bonchev–Trinajstić information content (AvgIpc) is 2.44. The first-order valence-corrected chi connectivity index (χ1v) is 7.03. The zero-order chi connectivity index (χ0) is 13.4. The highest BCUT2D eigenvalue weighted by atomic mass is 14.2. The minimum Gasteiger partial charge on any atom is -0.0836 e. The Morgan fingerprint density at radius 1 is 0.947 bits per heavy atom. The summed E-state index contributed by atoms with van der Waals surface area (Å²) < 4.78 is 0. The fourth-order valence-electron chi connectivity index (χ4n) is 3.02. The molecule has 0 heterocycles. The van der Waals surface area contributed by atoms with Gasteiger partial charge in [0.25, 0.3) is 0 Å². The maximum absolute atomic E-state index is 2.34. The third-order valence-corrected chi connectivity index (χ3v) is 4.18. The molecule has 0 atom stereocenters. The second-order valence-electron chi connectivity index (χ2n) is 5.57. The van der Waals surface area contributed by atoms with Gasteiger partial charge in [-0.2, -0.15) is 0 Å². The molecular formula is C19H20. The second kappa shape index (κ2) is 4.70. The summed E-state index contributed by atoms with van der Waals surface area (Å²) in [4.78, 5) is 0. The normalized spacial score (nSPS) is 13.4. The number of hydrogen-bond donors (Lipinski definition) is 0. The van der Waals surface area contributed by atoms with Crippen LogP contribution in [0.2, 0.25) is 0 Å². The lowest BCUT2D eigenvalue weighted by atomic mass is 9.85. The van der Waals surface area contributed by atoms with Gasteiger partial charge in [-0.15, -0.1) is 0 Å². The molecule has 1 aliphatic rings. The van der Waals surface area contributed by atoms with E-state index >= 15 is 0 Å². The number of aryl methyl sites for hydroxylation is 2. The predicted molar refractivity (Wildman–Crippen MR) is 83.4 cm³/mol. The van der Waals surface area contributed by atoms with Crippen molar-refractivity contribution in [3.63, 3.8) is 0 Å². The first-order valence-electron chi connectivity index (χ1n) is 7.03. The lowest BCUT2D eigenvalue weighted by molar-refractivity contribution is 0.967. The first-order chi connectivity index (χ1) is 9.16. The molecule has 0 aromatic heterocycles. The van der Waals surface area contributed by atoms with Crippen LogP contribution in [0.1, 0.15) is 34.2 Å². The second-order valence-corrected chi connectivity index (χ2v) is 5.57. The number of rotatable bonds is 1. The molecule has 0 bridgehead atoms. The minimum absolute atomic E-state index is 1.17. The van der Waals surface area contributed by atoms with Crippen LogP contribution >= 0.6 is 0 Å². The van der Waals surface area contributed by atoms with Crippen molar-refractivity contribution in [3.05, 3.63) is 64.2 Å². The SMILES string of the molecule is Cc1ccc(-c2cc(C)c3c(c2C)CCC=C3)cc1. The zero-order valence-electron chi connectivity index (χ0n) is 12.0. The van der Waals surface area contributed by atoms with Crippen molar-refractivity contribution < 1.29 is 0 Å². The van der Waals surface area contributed by atoms with Crippen LogP contribution in [-0.4, -0.2) is 0 Å². The summed E-state index contributed by atoms with van der Waals surface area (Å²) in [6.07, 6.45) is 6.93. The van der Waals surface area contributed by atoms with Gasteiger partial charge in [-0.3, -0.25) is 0 Å². The van der Waals surface area contributed by atoms with E-state index in [0.29, 0.717) is 0 Å². The highest BCUT2D eigenvalue weighted by Crippen LogP contribution is 2.33. The number of benzene rings is 2. The maximum atomic E-state index is 2.34. The standard InChI is InChI=1S/C19H20/c1-13-8-10-16(11-9-13)19-12-14(2)17-6-4-5-7-18(17)15(19)3/h4,6,8-12H,5,7H2,1-3H3. The molecule has 0 nitrogen and oxygen atoms in total. The van der Waals surface area contributed by atoms with E-state index in [-0.39, 0.29) is 0 Å². The van der Waals surface area contributed by atoms with Crippen LogP contribution in [-0.2, 0) is 6.42 Å². The Morgan fingerprint density at radius 3 is 2.42 bits per heavy atom. The van der Waals surface area contributed by atoms with Crippen molar-refractivity contribution in [2.75, 3.05) is 0 Å². The van der Waals surface area contributed by atoms with Gasteiger partial charge < -0.3 is 0 Å². The van der Waals surface area contributed by atoms with E-state index in [2.05, 4.69) is 63.3 Å². The Labute approximate surface area is 115 Å². The Bertz CT molecular complexity index is 643. The Balaban J connectivity index is 2.20. The van der Waals surface area contributed by atoms with E-state index in [1.165, 1.54) is 51.8 Å². The topological polar surface area (TPSA) is 0 Å². The number of allylic oxidation sites excluding steroid dienone is 1. The van der Waals surface area contributed by atoms with Crippen LogP contribution in [0.3, 0.4) is 0 Å². The van der Waals surface area contributed by atoms with Gasteiger partial charge in [-0.25, -0.2) is 0 Å². The van der Waals surface area contributed by atoms with Crippen LogP contribution in [0.5, 0.6) is 0 Å².